The third-order valence-corrected chi connectivity index (χ3v) is 4.36. The molecule has 2 aromatic rings. The summed E-state index contributed by atoms with van der Waals surface area (Å²) in [6, 6.07) is 11.3. The Morgan fingerprint density at radius 1 is 1.09 bits per heavy atom. The largest absolute Gasteiger partial charge is 0.469 e. The molecule has 2 N–H and O–H groups in total. The van der Waals surface area contributed by atoms with E-state index < -0.39 is 5.41 Å². The van der Waals surface area contributed by atoms with Crippen LogP contribution in [0.25, 0.3) is 0 Å². The van der Waals surface area contributed by atoms with Gasteiger partial charge in [0.05, 0.1) is 17.2 Å². The van der Waals surface area contributed by atoms with Gasteiger partial charge in [-0.2, -0.15) is 0 Å². The lowest BCUT2D eigenvalue weighted by Crippen LogP contribution is -2.54. The average molecular weight is 298 g/mol. The molecule has 114 valence electrons. The molecule has 1 saturated carbocycles. The van der Waals surface area contributed by atoms with Crippen LogP contribution in [0, 0.1) is 6.92 Å². The molecule has 2 amide bonds. The summed E-state index contributed by atoms with van der Waals surface area (Å²) in [6.45, 7) is 1.70. The third kappa shape index (κ3) is 2.39. The van der Waals surface area contributed by atoms with E-state index in [2.05, 4.69) is 10.9 Å². The van der Waals surface area contributed by atoms with Crippen molar-refractivity contribution in [3.05, 3.63) is 59.5 Å². The van der Waals surface area contributed by atoms with Crippen LogP contribution in [0.15, 0.2) is 47.1 Å². The van der Waals surface area contributed by atoms with E-state index in [0.29, 0.717) is 11.3 Å². The molecule has 3 rings (SSSR count). The number of benzene rings is 1. The van der Waals surface area contributed by atoms with Gasteiger partial charge in [0.15, 0.2) is 0 Å². The second kappa shape index (κ2) is 5.67. The smallest absolute Gasteiger partial charge is 0.273 e. The van der Waals surface area contributed by atoms with Gasteiger partial charge in [0.25, 0.3) is 5.91 Å². The lowest BCUT2D eigenvalue weighted by atomic mass is 9.64. The Balaban J connectivity index is 1.69. The van der Waals surface area contributed by atoms with Crippen molar-refractivity contribution in [2.24, 2.45) is 0 Å². The molecule has 1 heterocycles. The molecule has 0 atom stereocenters. The number of carbonyl (C=O) groups excluding carboxylic acids is 2. The SMILES string of the molecule is Cc1occc1C(=O)NNC(=O)C1(c2ccccc2)CCC1. The summed E-state index contributed by atoms with van der Waals surface area (Å²) >= 11 is 0. The van der Waals surface area contributed by atoms with Crippen molar-refractivity contribution in [2.75, 3.05) is 0 Å². The lowest BCUT2D eigenvalue weighted by Gasteiger charge is -2.40. The van der Waals surface area contributed by atoms with E-state index in [1.807, 2.05) is 30.3 Å². The highest BCUT2D eigenvalue weighted by atomic mass is 16.3. The summed E-state index contributed by atoms with van der Waals surface area (Å²) in [5.41, 5.74) is 5.91. The van der Waals surface area contributed by atoms with E-state index in [4.69, 9.17) is 4.42 Å². The summed E-state index contributed by atoms with van der Waals surface area (Å²) < 4.78 is 5.09. The molecule has 5 nitrogen and oxygen atoms in total. The number of hydrazine groups is 1. The number of rotatable bonds is 3. The maximum Gasteiger partial charge on any atom is 0.273 e. The normalized spacial score (nSPS) is 15.7. The molecule has 0 unspecified atom stereocenters. The molecule has 1 aromatic carbocycles. The van der Waals surface area contributed by atoms with Crippen LogP contribution in [-0.2, 0) is 10.2 Å². The number of hydrogen-bond donors (Lipinski definition) is 2. The number of aryl methyl sites for hydroxylation is 1. The molecule has 0 aliphatic heterocycles. The number of amides is 2. The zero-order valence-corrected chi connectivity index (χ0v) is 12.4. The first-order valence-electron chi connectivity index (χ1n) is 7.34. The molecule has 5 heteroatoms. The van der Waals surface area contributed by atoms with Crippen molar-refractivity contribution in [1.82, 2.24) is 10.9 Å². The van der Waals surface area contributed by atoms with Gasteiger partial charge in [-0.25, -0.2) is 0 Å². The quantitative estimate of drug-likeness (QED) is 0.855. The molecular weight excluding hydrogens is 280 g/mol. The first kappa shape index (κ1) is 14.4. The zero-order valence-electron chi connectivity index (χ0n) is 12.4. The lowest BCUT2D eigenvalue weighted by molar-refractivity contribution is -0.130. The van der Waals surface area contributed by atoms with Crippen molar-refractivity contribution in [3.8, 4) is 0 Å². The van der Waals surface area contributed by atoms with Crippen molar-refractivity contribution in [1.29, 1.82) is 0 Å². The number of furan rings is 1. The van der Waals surface area contributed by atoms with E-state index >= 15 is 0 Å². The maximum absolute atomic E-state index is 12.6. The molecule has 0 saturated heterocycles. The van der Waals surface area contributed by atoms with Crippen LogP contribution in [0.3, 0.4) is 0 Å². The summed E-state index contributed by atoms with van der Waals surface area (Å²) in [5, 5.41) is 0. The standard InChI is InChI=1S/C17H18N2O3/c1-12-14(8-11-22-12)15(20)18-19-16(21)17(9-5-10-17)13-6-3-2-4-7-13/h2-4,6-8,11H,5,9-10H2,1H3,(H,18,20)(H,19,21). The van der Waals surface area contributed by atoms with Crippen LogP contribution in [0.5, 0.6) is 0 Å². The highest BCUT2D eigenvalue weighted by molar-refractivity contribution is 5.97. The molecule has 1 aromatic heterocycles. The fourth-order valence-electron chi connectivity index (χ4n) is 2.86. The fraction of sp³-hybridized carbons (Fsp3) is 0.294. The molecule has 1 fully saturated rings. The van der Waals surface area contributed by atoms with Crippen LogP contribution >= 0.6 is 0 Å². The number of hydrogen-bond acceptors (Lipinski definition) is 3. The van der Waals surface area contributed by atoms with Gasteiger partial charge < -0.3 is 4.42 Å². The highest BCUT2D eigenvalue weighted by Gasteiger charge is 2.45. The van der Waals surface area contributed by atoms with Gasteiger partial charge in [0.2, 0.25) is 5.91 Å². The predicted molar refractivity (Wildman–Crippen MR) is 81.0 cm³/mol. The van der Waals surface area contributed by atoms with Gasteiger partial charge in [0, 0.05) is 0 Å². The first-order chi connectivity index (χ1) is 10.6. The minimum absolute atomic E-state index is 0.167. The van der Waals surface area contributed by atoms with Crippen molar-refractivity contribution < 1.29 is 14.0 Å². The Morgan fingerprint density at radius 3 is 2.36 bits per heavy atom. The number of carbonyl (C=O) groups is 2. The van der Waals surface area contributed by atoms with Crippen LogP contribution in [0.2, 0.25) is 0 Å². The topological polar surface area (TPSA) is 71.3 Å². The Kier molecular flexibility index (Phi) is 3.71. The highest BCUT2D eigenvalue weighted by Crippen LogP contribution is 2.43. The summed E-state index contributed by atoms with van der Waals surface area (Å²) in [4.78, 5) is 24.6. The predicted octanol–water partition coefficient (Wildman–Crippen LogP) is 2.47. The monoisotopic (exact) mass is 298 g/mol. The number of nitrogens with one attached hydrogen (secondary N) is 2. The van der Waals surface area contributed by atoms with E-state index in [1.165, 1.54) is 6.26 Å². The molecular formula is C17H18N2O3. The van der Waals surface area contributed by atoms with E-state index in [-0.39, 0.29) is 11.8 Å². The van der Waals surface area contributed by atoms with Gasteiger partial charge in [-0.05, 0) is 31.4 Å². The van der Waals surface area contributed by atoms with Gasteiger partial charge in [0.1, 0.15) is 5.76 Å². The minimum Gasteiger partial charge on any atom is -0.469 e. The van der Waals surface area contributed by atoms with Crippen LogP contribution in [0.1, 0.15) is 40.9 Å². The van der Waals surface area contributed by atoms with Gasteiger partial charge in [-0.15, -0.1) is 0 Å². The zero-order chi connectivity index (χ0) is 15.6. The van der Waals surface area contributed by atoms with E-state index in [0.717, 1.165) is 24.8 Å². The summed E-state index contributed by atoms with van der Waals surface area (Å²) in [5.74, 6) is -0.0188. The van der Waals surface area contributed by atoms with Crippen molar-refractivity contribution >= 4 is 11.8 Å². The minimum atomic E-state index is -0.528. The van der Waals surface area contributed by atoms with Crippen molar-refractivity contribution in [2.45, 2.75) is 31.6 Å². The van der Waals surface area contributed by atoms with Crippen LogP contribution in [0.4, 0.5) is 0 Å². The molecule has 1 aliphatic rings. The summed E-state index contributed by atoms with van der Waals surface area (Å²) in [7, 11) is 0. The maximum atomic E-state index is 12.6. The van der Waals surface area contributed by atoms with E-state index in [9.17, 15) is 9.59 Å². The van der Waals surface area contributed by atoms with Crippen LogP contribution < -0.4 is 10.9 Å². The van der Waals surface area contributed by atoms with E-state index in [1.54, 1.807) is 13.0 Å². The first-order valence-corrected chi connectivity index (χ1v) is 7.34. The Morgan fingerprint density at radius 2 is 1.82 bits per heavy atom. The summed E-state index contributed by atoms with van der Waals surface area (Å²) in [6.07, 6.45) is 4.05. The molecule has 0 radical (unpaired) electrons. The van der Waals surface area contributed by atoms with Gasteiger partial charge >= 0.3 is 0 Å². The van der Waals surface area contributed by atoms with Crippen LogP contribution in [-0.4, -0.2) is 11.8 Å². The molecule has 0 bridgehead atoms. The molecule has 1 aliphatic carbocycles. The molecule has 0 spiro atoms. The second-order valence-electron chi connectivity index (χ2n) is 5.60. The van der Waals surface area contributed by atoms with Crippen molar-refractivity contribution in [3.63, 3.8) is 0 Å². The Bertz CT molecular complexity index is 687. The van der Waals surface area contributed by atoms with Gasteiger partial charge in [-0.3, -0.25) is 20.4 Å². The second-order valence-corrected chi connectivity index (χ2v) is 5.60. The molecule has 22 heavy (non-hydrogen) atoms. The fourth-order valence-corrected chi connectivity index (χ4v) is 2.86. The Labute approximate surface area is 128 Å². The average Bonchev–Trinajstić information content (AvgIpc) is 2.91. The Hall–Kier alpha value is -2.56. The third-order valence-electron chi connectivity index (χ3n) is 4.36. The van der Waals surface area contributed by atoms with Gasteiger partial charge in [-0.1, -0.05) is 36.8 Å².